The van der Waals surface area contributed by atoms with E-state index < -0.39 is 12.0 Å². The zero-order chi connectivity index (χ0) is 12.1. The number of aliphatic hydroxyl groups is 1. The number of rotatable bonds is 4. The van der Waals surface area contributed by atoms with Gasteiger partial charge in [-0.15, -0.1) is 0 Å². The first-order valence-electron chi connectivity index (χ1n) is 4.63. The maximum Gasteiger partial charge on any atom is 0.248 e. The Hall–Kier alpha value is -2.13. The van der Waals surface area contributed by atoms with E-state index in [1.165, 1.54) is 6.07 Å². The number of anilines is 1. The average Bonchev–Trinajstić information content (AvgIpc) is 2.24. The van der Waals surface area contributed by atoms with Crippen molar-refractivity contribution < 1.29 is 9.90 Å². The van der Waals surface area contributed by atoms with Crippen LogP contribution in [-0.2, 0) is 4.79 Å². The first-order valence-corrected chi connectivity index (χ1v) is 4.63. The summed E-state index contributed by atoms with van der Waals surface area (Å²) in [6.45, 7) is 1.72. The van der Waals surface area contributed by atoms with Crippen molar-refractivity contribution in [2.75, 3.05) is 11.9 Å². The second kappa shape index (κ2) is 5.09. The van der Waals surface area contributed by atoms with Gasteiger partial charge in [0.1, 0.15) is 11.9 Å². The highest BCUT2D eigenvalue weighted by molar-refractivity contribution is 5.79. The highest BCUT2D eigenvalue weighted by Crippen LogP contribution is 2.08. The zero-order valence-corrected chi connectivity index (χ0v) is 8.77. The van der Waals surface area contributed by atoms with Crippen LogP contribution in [-0.4, -0.2) is 28.6 Å². The minimum Gasteiger partial charge on any atom is -0.381 e. The molecule has 0 radical (unpaired) electrons. The molecule has 1 amide bonds. The highest BCUT2D eigenvalue weighted by Gasteiger charge is 2.10. The summed E-state index contributed by atoms with van der Waals surface area (Å²) in [5.41, 5.74) is 6.02. The number of aliphatic hydroxyl groups excluding tert-OH is 1. The summed E-state index contributed by atoms with van der Waals surface area (Å²) >= 11 is 0. The smallest absolute Gasteiger partial charge is 0.248 e. The monoisotopic (exact) mass is 220 g/mol. The predicted molar refractivity (Wildman–Crippen MR) is 57.4 cm³/mol. The van der Waals surface area contributed by atoms with Crippen LogP contribution in [0.2, 0.25) is 0 Å². The van der Waals surface area contributed by atoms with E-state index in [9.17, 15) is 4.79 Å². The van der Waals surface area contributed by atoms with E-state index in [0.29, 0.717) is 17.1 Å². The third kappa shape index (κ3) is 3.22. The molecular weight excluding hydrogens is 208 g/mol. The molecule has 1 rings (SSSR count). The zero-order valence-electron chi connectivity index (χ0n) is 8.77. The number of nitriles is 1. The van der Waals surface area contributed by atoms with Crippen LogP contribution in [0, 0.1) is 18.3 Å². The van der Waals surface area contributed by atoms with Crippen molar-refractivity contribution in [3.8, 4) is 6.07 Å². The van der Waals surface area contributed by atoms with Crippen molar-refractivity contribution >= 4 is 11.7 Å². The summed E-state index contributed by atoms with van der Waals surface area (Å²) in [6, 6.07) is 5.15. The number of aryl methyl sites for hydroxylation is 1. The molecule has 0 aliphatic rings. The minimum absolute atomic E-state index is 0.0311. The summed E-state index contributed by atoms with van der Waals surface area (Å²) in [5, 5.41) is 20.6. The van der Waals surface area contributed by atoms with Crippen LogP contribution in [0.5, 0.6) is 0 Å². The lowest BCUT2D eigenvalue weighted by molar-refractivity contribution is -0.125. The highest BCUT2D eigenvalue weighted by atomic mass is 16.3. The third-order valence-corrected chi connectivity index (χ3v) is 1.89. The minimum atomic E-state index is -1.27. The molecule has 4 N–H and O–H groups in total. The van der Waals surface area contributed by atoms with Gasteiger partial charge in [0.05, 0.1) is 18.2 Å². The molecule has 0 fully saturated rings. The van der Waals surface area contributed by atoms with Gasteiger partial charge in [0.2, 0.25) is 5.91 Å². The second-order valence-electron chi connectivity index (χ2n) is 3.29. The lowest BCUT2D eigenvalue weighted by atomic mass is 10.2. The number of carbonyl (C=O) groups is 1. The van der Waals surface area contributed by atoms with Crippen molar-refractivity contribution in [2.45, 2.75) is 13.0 Å². The molecular formula is C10H12N4O2. The van der Waals surface area contributed by atoms with Gasteiger partial charge < -0.3 is 16.2 Å². The first-order chi connectivity index (χ1) is 7.52. The number of hydrogen-bond acceptors (Lipinski definition) is 5. The van der Waals surface area contributed by atoms with E-state index >= 15 is 0 Å². The predicted octanol–water partition coefficient (Wildman–Crippen LogP) is -0.480. The molecule has 0 spiro atoms. The van der Waals surface area contributed by atoms with E-state index in [1.54, 1.807) is 13.0 Å². The summed E-state index contributed by atoms with van der Waals surface area (Å²) in [7, 11) is 0. The summed E-state index contributed by atoms with van der Waals surface area (Å²) in [6.07, 6.45) is -1.27. The molecule has 1 unspecified atom stereocenters. The van der Waals surface area contributed by atoms with Gasteiger partial charge in [-0.2, -0.15) is 5.26 Å². The van der Waals surface area contributed by atoms with Crippen LogP contribution in [0.4, 0.5) is 5.82 Å². The molecule has 6 heteroatoms. The number of hydrogen-bond donors (Lipinski definition) is 3. The number of nitrogens with one attached hydrogen (secondary N) is 1. The lowest BCUT2D eigenvalue weighted by Crippen LogP contribution is -2.34. The van der Waals surface area contributed by atoms with E-state index in [0.717, 1.165) is 0 Å². The Morgan fingerprint density at radius 3 is 3.00 bits per heavy atom. The standard InChI is InChI=1S/C10H12N4O2/c1-6-2-7(4-11)3-9(14-6)13-5-8(15)10(12)16/h2-3,8,15H,5H2,1H3,(H2,12,16)(H,13,14). The van der Waals surface area contributed by atoms with E-state index in [2.05, 4.69) is 10.3 Å². The molecule has 0 aliphatic heterocycles. The number of primary amides is 1. The Kier molecular flexibility index (Phi) is 3.80. The van der Waals surface area contributed by atoms with Gasteiger partial charge >= 0.3 is 0 Å². The first kappa shape index (κ1) is 11.9. The van der Waals surface area contributed by atoms with Crippen LogP contribution in [0.1, 0.15) is 11.3 Å². The Morgan fingerprint density at radius 2 is 2.44 bits per heavy atom. The normalized spacial score (nSPS) is 11.6. The van der Waals surface area contributed by atoms with E-state index in [4.69, 9.17) is 16.1 Å². The van der Waals surface area contributed by atoms with Crippen LogP contribution in [0.25, 0.3) is 0 Å². The molecule has 0 bridgehead atoms. The third-order valence-electron chi connectivity index (χ3n) is 1.89. The molecule has 16 heavy (non-hydrogen) atoms. The van der Waals surface area contributed by atoms with Crippen LogP contribution in [0.15, 0.2) is 12.1 Å². The summed E-state index contributed by atoms with van der Waals surface area (Å²) in [4.78, 5) is 14.7. The quantitative estimate of drug-likeness (QED) is 0.634. The number of nitrogens with zero attached hydrogens (tertiary/aromatic N) is 2. The largest absolute Gasteiger partial charge is 0.381 e. The maximum absolute atomic E-state index is 10.6. The van der Waals surface area contributed by atoms with E-state index in [-0.39, 0.29) is 6.54 Å². The Labute approximate surface area is 92.7 Å². The SMILES string of the molecule is Cc1cc(C#N)cc(NCC(O)C(N)=O)n1. The Balaban J connectivity index is 2.71. The van der Waals surface area contributed by atoms with Gasteiger partial charge in [0.15, 0.2) is 0 Å². The fourth-order valence-electron chi connectivity index (χ4n) is 1.13. The molecule has 6 nitrogen and oxygen atoms in total. The Morgan fingerprint density at radius 1 is 1.75 bits per heavy atom. The van der Waals surface area contributed by atoms with Crippen LogP contribution in [0.3, 0.4) is 0 Å². The molecule has 0 aromatic carbocycles. The molecule has 1 aromatic rings. The molecule has 0 aliphatic carbocycles. The number of nitrogens with two attached hydrogens (primary N) is 1. The van der Waals surface area contributed by atoms with Crippen molar-refractivity contribution in [3.63, 3.8) is 0 Å². The van der Waals surface area contributed by atoms with Crippen molar-refractivity contribution in [1.82, 2.24) is 4.98 Å². The summed E-state index contributed by atoms with van der Waals surface area (Å²) in [5.74, 6) is -0.377. The fourth-order valence-corrected chi connectivity index (χ4v) is 1.13. The summed E-state index contributed by atoms with van der Waals surface area (Å²) < 4.78 is 0. The van der Waals surface area contributed by atoms with Gasteiger partial charge in [0.25, 0.3) is 0 Å². The number of amides is 1. The Bertz CT molecular complexity index is 439. The van der Waals surface area contributed by atoms with Gasteiger partial charge in [-0.05, 0) is 19.1 Å². The topological polar surface area (TPSA) is 112 Å². The maximum atomic E-state index is 10.6. The van der Waals surface area contributed by atoms with Gasteiger partial charge in [-0.25, -0.2) is 4.98 Å². The van der Waals surface area contributed by atoms with E-state index in [1.807, 2.05) is 6.07 Å². The van der Waals surface area contributed by atoms with Gasteiger partial charge in [-0.1, -0.05) is 0 Å². The lowest BCUT2D eigenvalue weighted by Gasteiger charge is -2.09. The molecule has 0 saturated heterocycles. The van der Waals surface area contributed by atoms with Crippen LogP contribution < -0.4 is 11.1 Å². The molecule has 1 heterocycles. The number of pyridine rings is 1. The van der Waals surface area contributed by atoms with Crippen molar-refractivity contribution in [1.29, 1.82) is 5.26 Å². The molecule has 1 atom stereocenters. The van der Waals surface area contributed by atoms with Crippen LogP contribution >= 0.6 is 0 Å². The average molecular weight is 220 g/mol. The van der Waals surface area contributed by atoms with Crippen molar-refractivity contribution in [3.05, 3.63) is 23.4 Å². The molecule has 84 valence electrons. The fraction of sp³-hybridized carbons (Fsp3) is 0.300. The van der Waals surface area contributed by atoms with Crippen molar-refractivity contribution in [2.24, 2.45) is 5.73 Å². The van der Waals surface area contributed by atoms with Gasteiger partial charge in [0, 0.05) is 5.69 Å². The number of aromatic nitrogens is 1. The number of carbonyl (C=O) groups excluding carboxylic acids is 1. The molecule has 0 saturated carbocycles. The second-order valence-corrected chi connectivity index (χ2v) is 3.29. The molecule has 1 aromatic heterocycles. The van der Waals surface area contributed by atoms with Gasteiger partial charge in [-0.3, -0.25) is 4.79 Å².